The molecule has 0 radical (unpaired) electrons. The second kappa shape index (κ2) is 6.07. The van der Waals surface area contributed by atoms with Crippen LogP contribution < -0.4 is 4.72 Å². The van der Waals surface area contributed by atoms with Gasteiger partial charge in [0.1, 0.15) is 23.5 Å². The number of nitriles is 1. The molecule has 0 aliphatic rings. The summed E-state index contributed by atoms with van der Waals surface area (Å²) < 4.78 is 65.6. The summed E-state index contributed by atoms with van der Waals surface area (Å²) in [6.07, 6.45) is 0. The van der Waals surface area contributed by atoms with Crippen molar-refractivity contribution in [2.45, 2.75) is 5.75 Å². The lowest BCUT2D eigenvalue weighted by Gasteiger charge is -2.10. The molecule has 0 fully saturated rings. The topological polar surface area (TPSA) is 70.0 Å². The molecule has 0 aromatic heterocycles. The lowest BCUT2D eigenvalue weighted by atomic mass is 10.2. The summed E-state index contributed by atoms with van der Waals surface area (Å²) in [5, 5.41) is 8.67. The van der Waals surface area contributed by atoms with Crippen LogP contribution in [0.15, 0.2) is 36.4 Å². The maximum absolute atomic E-state index is 13.6. The van der Waals surface area contributed by atoms with Gasteiger partial charge in [-0.1, -0.05) is 12.1 Å². The van der Waals surface area contributed by atoms with Crippen LogP contribution >= 0.6 is 0 Å². The highest BCUT2D eigenvalue weighted by atomic mass is 32.2. The molecule has 2 aromatic rings. The Balaban J connectivity index is 2.28. The van der Waals surface area contributed by atoms with Gasteiger partial charge in [0.2, 0.25) is 10.0 Å². The lowest BCUT2D eigenvalue weighted by molar-refractivity contribution is 0.580. The van der Waals surface area contributed by atoms with Crippen LogP contribution in [-0.2, 0) is 15.8 Å². The Morgan fingerprint density at radius 2 is 1.82 bits per heavy atom. The van der Waals surface area contributed by atoms with E-state index < -0.39 is 44.5 Å². The van der Waals surface area contributed by atoms with E-state index in [9.17, 15) is 21.6 Å². The Morgan fingerprint density at radius 3 is 2.45 bits per heavy atom. The third kappa shape index (κ3) is 3.77. The van der Waals surface area contributed by atoms with Crippen molar-refractivity contribution in [2.24, 2.45) is 0 Å². The fraction of sp³-hybridized carbons (Fsp3) is 0.0714. The van der Waals surface area contributed by atoms with Gasteiger partial charge in [-0.15, -0.1) is 0 Å². The minimum atomic E-state index is -4.05. The van der Waals surface area contributed by atoms with Crippen molar-refractivity contribution >= 4 is 15.7 Å². The molecule has 0 amide bonds. The van der Waals surface area contributed by atoms with Gasteiger partial charge in [0, 0.05) is 6.07 Å². The quantitative estimate of drug-likeness (QED) is 0.939. The SMILES string of the molecule is N#Cc1cc(NS(=O)(=O)Cc2cccc(F)c2)c(F)cc1F. The number of sulfonamides is 1. The van der Waals surface area contributed by atoms with E-state index in [1.54, 1.807) is 0 Å². The van der Waals surface area contributed by atoms with Crippen LogP contribution in [0.1, 0.15) is 11.1 Å². The molecule has 0 saturated carbocycles. The van der Waals surface area contributed by atoms with Gasteiger partial charge in [0.05, 0.1) is 17.0 Å². The van der Waals surface area contributed by atoms with Crippen LogP contribution in [0.25, 0.3) is 0 Å². The molecule has 0 bridgehead atoms. The number of rotatable bonds is 4. The van der Waals surface area contributed by atoms with Crippen molar-refractivity contribution in [2.75, 3.05) is 4.72 Å². The second-order valence-electron chi connectivity index (χ2n) is 4.41. The molecule has 1 N–H and O–H groups in total. The first-order chi connectivity index (χ1) is 10.3. The fourth-order valence-electron chi connectivity index (χ4n) is 1.76. The number of nitrogens with one attached hydrogen (secondary N) is 1. The second-order valence-corrected chi connectivity index (χ2v) is 6.14. The zero-order chi connectivity index (χ0) is 16.3. The van der Waals surface area contributed by atoms with Gasteiger partial charge in [0.25, 0.3) is 0 Å². The Bertz CT molecular complexity index is 861. The van der Waals surface area contributed by atoms with Gasteiger partial charge in [-0.05, 0) is 23.8 Å². The average molecular weight is 326 g/mol. The van der Waals surface area contributed by atoms with Gasteiger partial charge in [-0.25, -0.2) is 21.6 Å². The van der Waals surface area contributed by atoms with E-state index in [0.29, 0.717) is 6.07 Å². The van der Waals surface area contributed by atoms with E-state index in [1.165, 1.54) is 18.2 Å². The average Bonchev–Trinajstić information content (AvgIpc) is 2.41. The molecule has 0 atom stereocenters. The van der Waals surface area contributed by atoms with Crippen LogP contribution in [0, 0.1) is 28.8 Å². The first kappa shape index (κ1) is 15.9. The van der Waals surface area contributed by atoms with E-state index in [4.69, 9.17) is 5.26 Å². The van der Waals surface area contributed by atoms with E-state index in [-0.39, 0.29) is 5.56 Å². The van der Waals surface area contributed by atoms with Gasteiger partial charge < -0.3 is 0 Å². The summed E-state index contributed by atoms with van der Waals surface area (Å²) in [6.45, 7) is 0. The van der Waals surface area contributed by atoms with Crippen LogP contribution in [-0.4, -0.2) is 8.42 Å². The third-order valence-corrected chi connectivity index (χ3v) is 3.93. The van der Waals surface area contributed by atoms with Crippen molar-refractivity contribution in [1.82, 2.24) is 0 Å². The minimum Gasteiger partial charge on any atom is -0.280 e. The Kier molecular flexibility index (Phi) is 4.37. The first-order valence-electron chi connectivity index (χ1n) is 5.95. The highest BCUT2D eigenvalue weighted by Crippen LogP contribution is 2.21. The van der Waals surface area contributed by atoms with Crippen LogP contribution in [0.2, 0.25) is 0 Å². The molecule has 4 nitrogen and oxygen atoms in total. The molecule has 0 aliphatic carbocycles. The molecule has 0 spiro atoms. The zero-order valence-corrected chi connectivity index (χ0v) is 11.8. The van der Waals surface area contributed by atoms with Crippen LogP contribution in [0.4, 0.5) is 18.9 Å². The Hall–Kier alpha value is -2.53. The predicted octanol–water partition coefficient (Wildman–Crippen LogP) is 2.92. The molecule has 22 heavy (non-hydrogen) atoms. The Morgan fingerprint density at radius 1 is 1.09 bits per heavy atom. The smallest absolute Gasteiger partial charge is 0.237 e. The molecule has 2 aromatic carbocycles. The molecular formula is C14H9F3N2O2S. The predicted molar refractivity (Wildman–Crippen MR) is 73.7 cm³/mol. The number of anilines is 1. The Labute approximate surface area is 124 Å². The minimum absolute atomic E-state index is 0.163. The summed E-state index contributed by atoms with van der Waals surface area (Å²) in [7, 11) is -4.05. The largest absolute Gasteiger partial charge is 0.280 e. The van der Waals surface area contributed by atoms with Crippen molar-refractivity contribution < 1.29 is 21.6 Å². The standard InChI is InChI=1S/C14H9F3N2O2S/c15-11-3-1-2-9(4-11)8-22(20,21)19-14-5-10(7-18)12(16)6-13(14)17/h1-6,19H,8H2. The molecular weight excluding hydrogens is 317 g/mol. The van der Waals surface area contributed by atoms with E-state index in [1.807, 2.05) is 4.72 Å². The fourth-order valence-corrected chi connectivity index (χ4v) is 2.94. The zero-order valence-electron chi connectivity index (χ0n) is 11.0. The highest BCUT2D eigenvalue weighted by molar-refractivity contribution is 7.91. The van der Waals surface area contributed by atoms with Crippen molar-refractivity contribution in [1.29, 1.82) is 5.26 Å². The van der Waals surface area contributed by atoms with Crippen LogP contribution in [0.3, 0.4) is 0 Å². The van der Waals surface area contributed by atoms with Crippen molar-refractivity contribution in [3.63, 3.8) is 0 Å². The van der Waals surface area contributed by atoms with Gasteiger partial charge >= 0.3 is 0 Å². The van der Waals surface area contributed by atoms with Crippen molar-refractivity contribution in [3.05, 3.63) is 65.0 Å². The van der Waals surface area contributed by atoms with E-state index in [2.05, 4.69) is 0 Å². The van der Waals surface area contributed by atoms with Crippen molar-refractivity contribution in [3.8, 4) is 6.07 Å². The summed E-state index contributed by atoms with van der Waals surface area (Å²) in [5.74, 6) is -3.44. The molecule has 8 heteroatoms. The monoisotopic (exact) mass is 326 g/mol. The first-order valence-corrected chi connectivity index (χ1v) is 7.60. The molecule has 2 rings (SSSR count). The van der Waals surface area contributed by atoms with Gasteiger partial charge in [-0.2, -0.15) is 5.26 Å². The maximum atomic E-state index is 13.6. The summed E-state index contributed by atoms with van der Waals surface area (Å²) in [4.78, 5) is 0. The van der Waals surface area contributed by atoms with Crippen LogP contribution in [0.5, 0.6) is 0 Å². The molecule has 0 saturated heterocycles. The molecule has 114 valence electrons. The molecule has 0 unspecified atom stereocenters. The number of benzene rings is 2. The third-order valence-electron chi connectivity index (χ3n) is 2.69. The van der Waals surface area contributed by atoms with E-state index >= 15 is 0 Å². The highest BCUT2D eigenvalue weighted by Gasteiger charge is 2.17. The maximum Gasteiger partial charge on any atom is 0.237 e. The summed E-state index contributed by atoms with van der Waals surface area (Å²) in [5.41, 5.74) is -0.880. The normalized spacial score (nSPS) is 11.0. The summed E-state index contributed by atoms with van der Waals surface area (Å²) in [6, 6.07) is 7.57. The number of hydrogen-bond donors (Lipinski definition) is 1. The lowest BCUT2D eigenvalue weighted by Crippen LogP contribution is -2.16. The van der Waals surface area contributed by atoms with E-state index in [0.717, 1.165) is 18.2 Å². The van der Waals surface area contributed by atoms with Gasteiger partial charge in [-0.3, -0.25) is 4.72 Å². The molecule has 0 heterocycles. The number of hydrogen-bond acceptors (Lipinski definition) is 3. The number of halogens is 3. The number of nitrogens with zero attached hydrogens (tertiary/aromatic N) is 1. The van der Waals surface area contributed by atoms with Gasteiger partial charge in [0.15, 0.2) is 0 Å². The summed E-state index contributed by atoms with van der Waals surface area (Å²) >= 11 is 0. The molecule has 0 aliphatic heterocycles.